The van der Waals surface area contributed by atoms with Crippen LogP contribution in [0.15, 0.2) is 30.0 Å². The summed E-state index contributed by atoms with van der Waals surface area (Å²) >= 11 is 0. The van der Waals surface area contributed by atoms with Gasteiger partial charge in [-0.1, -0.05) is 12.1 Å². The third-order valence-electron chi connectivity index (χ3n) is 3.16. The summed E-state index contributed by atoms with van der Waals surface area (Å²) in [6.45, 7) is 0.651. The van der Waals surface area contributed by atoms with E-state index in [0.29, 0.717) is 25.9 Å². The summed E-state index contributed by atoms with van der Waals surface area (Å²) in [6, 6.07) is 5.43. The quantitative estimate of drug-likeness (QED) is 0.630. The van der Waals surface area contributed by atoms with E-state index >= 15 is 0 Å². The van der Waals surface area contributed by atoms with Crippen molar-refractivity contribution in [1.82, 2.24) is 4.90 Å². The van der Waals surface area contributed by atoms with E-state index in [0.717, 1.165) is 6.08 Å². The molecule has 1 aromatic carbocycles. The number of nitro benzene ring substituents is 1. The van der Waals surface area contributed by atoms with Crippen LogP contribution < -0.4 is 0 Å². The highest BCUT2D eigenvalue weighted by Gasteiger charge is 2.38. The second kappa shape index (κ2) is 5.52. The number of hydrogen-bond acceptors (Lipinski definition) is 3. The van der Waals surface area contributed by atoms with Crippen LogP contribution in [0.1, 0.15) is 18.4 Å². The Bertz CT molecular complexity index is 535. The van der Waals surface area contributed by atoms with Gasteiger partial charge in [0, 0.05) is 19.2 Å². The Morgan fingerprint density at radius 1 is 1.25 bits per heavy atom. The molecule has 2 rings (SSSR count). The number of allylic oxidation sites excluding steroid dienone is 1. The summed E-state index contributed by atoms with van der Waals surface area (Å²) in [7, 11) is 0. The monoisotopic (exact) mass is 286 g/mol. The van der Waals surface area contributed by atoms with E-state index in [1.54, 1.807) is 0 Å². The van der Waals surface area contributed by atoms with E-state index in [2.05, 4.69) is 0 Å². The molecule has 0 N–H and O–H groups in total. The first kappa shape index (κ1) is 14.4. The largest absolute Gasteiger partial charge is 0.431 e. The summed E-state index contributed by atoms with van der Waals surface area (Å²) in [4.78, 5) is 11.4. The molecule has 108 valence electrons. The van der Waals surface area contributed by atoms with E-state index in [4.69, 9.17) is 0 Å². The van der Waals surface area contributed by atoms with Crippen molar-refractivity contribution >= 4 is 11.8 Å². The lowest BCUT2D eigenvalue weighted by atomic mass is 10.1. The van der Waals surface area contributed by atoms with Gasteiger partial charge in [0.2, 0.25) is 0 Å². The molecule has 0 spiro atoms. The first-order valence-corrected chi connectivity index (χ1v) is 6.17. The van der Waals surface area contributed by atoms with E-state index in [1.807, 2.05) is 0 Å². The van der Waals surface area contributed by atoms with Crippen molar-refractivity contribution < 1.29 is 18.1 Å². The minimum Gasteiger partial charge on any atom is -0.368 e. The van der Waals surface area contributed by atoms with Crippen LogP contribution in [0, 0.1) is 10.1 Å². The van der Waals surface area contributed by atoms with Crippen LogP contribution in [-0.4, -0.2) is 29.1 Å². The van der Waals surface area contributed by atoms with Gasteiger partial charge in [-0.15, -0.1) is 0 Å². The number of benzene rings is 1. The highest BCUT2D eigenvalue weighted by Crippen LogP contribution is 2.34. The smallest absolute Gasteiger partial charge is 0.368 e. The zero-order valence-corrected chi connectivity index (χ0v) is 10.6. The number of rotatable bonds is 3. The van der Waals surface area contributed by atoms with Gasteiger partial charge in [-0.3, -0.25) is 10.1 Å². The molecule has 1 saturated heterocycles. The highest BCUT2D eigenvalue weighted by atomic mass is 19.4. The fraction of sp³-hybridized carbons (Fsp3) is 0.385. The van der Waals surface area contributed by atoms with Crippen LogP contribution in [0.4, 0.5) is 18.9 Å². The highest BCUT2D eigenvalue weighted by molar-refractivity contribution is 5.63. The maximum atomic E-state index is 13.1. The van der Waals surface area contributed by atoms with Crippen molar-refractivity contribution in [3.8, 4) is 0 Å². The van der Waals surface area contributed by atoms with Crippen LogP contribution >= 0.6 is 0 Å². The van der Waals surface area contributed by atoms with Gasteiger partial charge in [-0.05, 0) is 25.0 Å². The first-order valence-electron chi connectivity index (χ1n) is 6.17. The molecule has 20 heavy (non-hydrogen) atoms. The number of halogens is 3. The van der Waals surface area contributed by atoms with Crippen molar-refractivity contribution in [2.75, 3.05) is 13.1 Å². The Kier molecular flexibility index (Phi) is 3.96. The van der Waals surface area contributed by atoms with Crippen molar-refractivity contribution in [2.24, 2.45) is 0 Å². The Morgan fingerprint density at radius 2 is 1.85 bits per heavy atom. The number of likely N-dealkylation sites (tertiary alicyclic amines) is 1. The minimum atomic E-state index is -4.52. The molecule has 7 heteroatoms. The predicted octanol–water partition coefficient (Wildman–Crippen LogP) is 3.59. The van der Waals surface area contributed by atoms with Crippen LogP contribution in [0.5, 0.6) is 0 Å². The molecule has 1 fully saturated rings. The van der Waals surface area contributed by atoms with Gasteiger partial charge in [0.15, 0.2) is 0 Å². The molecule has 0 radical (unpaired) electrons. The van der Waals surface area contributed by atoms with Crippen LogP contribution in [0.25, 0.3) is 6.08 Å². The van der Waals surface area contributed by atoms with Gasteiger partial charge in [-0.2, -0.15) is 13.2 Å². The van der Waals surface area contributed by atoms with Gasteiger partial charge in [0.1, 0.15) is 5.70 Å². The second-order valence-corrected chi connectivity index (χ2v) is 4.54. The topological polar surface area (TPSA) is 46.4 Å². The van der Waals surface area contributed by atoms with E-state index < -0.39 is 16.8 Å². The summed E-state index contributed by atoms with van der Waals surface area (Å²) < 4.78 is 39.3. The van der Waals surface area contributed by atoms with Crippen molar-refractivity contribution in [3.05, 3.63) is 45.6 Å². The van der Waals surface area contributed by atoms with Crippen molar-refractivity contribution in [2.45, 2.75) is 19.0 Å². The normalized spacial score (nSPS) is 16.6. The Hall–Kier alpha value is -2.05. The number of alkyl halides is 3. The van der Waals surface area contributed by atoms with Crippen LogP contribution in [-0.2, 0) is 0 Å². The van der Waals surface area contributed by atoms with Gasteiger partial charge in [0.25, 0.3) is 5.69 Å². The molecule has 1 aliphatic rings. The minimum absolute atomic E-state index is 0.0308. The molecule has 0 unspecified atom stereocenters. The van der Waals surface area contributed by atoms with E-state index in [1.165, 1.54) is 29.2 Å². The predicted molar refractivity (Wildman–Crippen MR) is 67.9 cm³/mol. The average molecular weight is 286 g/mol. The lowest BCUT2D eigenvalue weighted by Crippen LogP contribution is -2.29. The Morgan fingerprint density at radius 3 is 2.40 bits per heavy atom. The second-order valence-electron chi connectivity index (χ2n) is 4.54. The zero-order chi connectivity index (χ0) is 14.8. The third-order valence-corrected chi connectivity index (χ3v) is 3.16. The molecular weight excluding hydrogens is 273 g/mol. The fourth-order valence-corrected chi connectivity index (χ4v) is 2.23. The third kappa shape index (κ3) is 3.09. The Balaban J connectivity index is 2.45. The number of para-hydroxylation sites is 1. The molecular formula is C13H13F3N2O2. The molecule has 0 aliphatic carbocycles. The molecule has 1 heterocycles. The van der Waals surface area contributed by atoms with E-state index in [9.17, 15) is 23.3 Å². The van der Waals surface area contributed by atoms with E-state index in [-0.39, 0.29) is 11.3 Å². The maximum absolute atomic E-state index is 13.1. The lowest BCUT2D eigenvalue weighted by molar-refractivity contribution is -0.385. The zero-order valence-electron chi connectivity index (χ0n) is 10.6. The summed E-state index contributed by atoms with van der Waals surface area (Å²) in [5.41, 5.74) is -1.17. The maximum Gasteiger partial charge on any atom is 0.431 e. The molecule has 0 saturated carbocycles. The standard InChI is InChI=1S/C13H13F3N2O2/c14-13(15,16)12(17-7-3-4-8-17)9-10-5-1-2-6-11(10)18(19)20/h1-2,5-6,9H,3-4,7-8H2/b12-9+. The first-order chi connectivity index (χ1) is 9.39. The number of nitrogens with zero attached hydrogens (tertiary/aromatic N) is 2. The Labute approximate surface area is 113 Å². The molecule has 4 nitrogen and oxygen atoms in total. The molecule has 0 amide bonds. The number of nitro groups is 1. The van der Waals surface area contributed by atoms with Gasteiger partial charge < -0.3 is 4.90 Å². The lowest BCUT2D eigenvalue weighted by Gasteiger charge is -2.23. The summed E-state index contributed by atoms with van der Waals surface area (Å²) in [6.07, 6.45) is -2.26. The molecule has 0 atom stereocenters. The fourth-order valence-electron chi connectivity index (χ4n) is 2.23. The van der Waals surface area contributed by atoms with Gasteiger partial charge in [0.05, 0.1) is 10.5 Å². The molecule has 1 aromatic rings. The SMILES string of the molecule is O=[N+]([O-])c1ccccc1/C=C(/N1CCCC1)C(F)(F)F. The van der Waals surface area contributed by atoms with Crippen LogP contribution in [0.3, 0.4) is 0 Å². The molecule has 0 aromatic heterocycles. The molecule has 1 aliphatic heterocycles. The average Bonchev–Trinajstić information content (AvgIpc) is 2.88. The van der Waals surface area contributed by atoms with Gasteiger partial charge in [-0.25, -0.2) is 0 Å². The molecule has 0 bridgehead atoms. The number of hydrogen-bond donors (Lipinski definition) is 0. The van der Waals surface area contributed by atoms with Crippen molar-refractivity contribution in [1.29, 1.82) is 0 Å². The van der Waals surface area contributed by atoms with Gasteiger partial charge >= 0.3 is 6.18 Å². The van der Waals surface area contributed by atoms with Crippen LogP contribution in [0.2, 0.25) is 0 Å². The summed E-state index contributed by atoms with van der Waals surface area (Å²) in [5.74, 6) is 0. The van der Waals surface area contributed by atoms with Crippen molar-refractivity contribution in [3.63, 3.8) is 0 Å². The summed E-state index contributed by atoms with van der Waals surface area (Å²) in [5, 5.41) is 10.9.